The Morgan fingerprint density at radius 3 is 2.66 bits per heavy atom. The summed E-state index contributed by atoms with van der Waals surface area (Å²) in [5, 5.41) is 14.7. The highest BCUT2D eigenvalue weighted by Crippen LogP contribution is 2.24. The number of fused-ring (bicyclic) bond motifs is 1. The SMILES string of the molecule is O=C(N/N=C/c1ccc(O)c2ncccc12)c1cccc(Oc2ccccc2)c1. The summed E-state index contributed by atoms with van der Waals surface area (Å²) in [6.45, 7) is 0. The number of amides is 1. The van der Waals surface area contributed by atoms with Crippen LogP contribution in [0.15, 0.2) is 90.2 Å². The Morgan fingerprint density at radius 1 is 0.966 bits per heavy atom. The second-order valence-corrected chi connectivity index (χ2v) is 6.22. The molecule has 0 fully saturated rings. The number of pyridine rings is 1. The number of nitrogens with zero attached hydrogens (tertiary/aromatic N) is 2. The lowest BCUT2D eigenvalue weighted by Crippen LogP contribution is -2.17. The number of benzene rings is 3. The second kappa shape index (κ2) is 8.22. The standard InChI is InChI=1S/C23H17N3O3/c27-21-12-11-17(20-10-5-13-24-22(20)21)15-25-26-23(28)16-6-4-9-19(14-16)29-18-7-2-1-3-8-18/h1-15,27H,(H,26,28)/b25-15+. The topological polar surface area (TPSA) is 83.8 Å². The molecule has 1 amide bonds. The minimum absolute atomic E-state index is 0.0945. The quantitative estimate of drug-likeness (QED) is 0.393. The molecule has 4 rings (SSSR count). The molecule has 0 aliphatic rings. The maximum atomic E-state index is 12.4. The molecule has 1 heterocycles. The minimum atomic E-state index is -0.360. The van der Waals surface area contributed by atoms with Gasteiger partial charge in [-0.15, -0.1) is 0 Å². The van der Waals surface area contributed by atoms with Crippen molar-refractivity contribution >= 4 is 23.0 Å². The summed E-state index contributed by atoms with van der Waals surface area (Å²) in [7, 11) is 0. The molecule has 6 nitrogen and oxygen atoms in total. The molecular weight excluding hydrogens is 366 g/mol. The van der Waals surface area contributed by atoms with E-state index >= 15 is 0 Å². The van der Waals surface area contributed by atoms with Crippen molar-refractivity contribution < 1.29 is 14.6 Å². The summed E-state index contributed by atoms with van der Waals surface area (Å²) < 4.78 is 5.75. The zero-order valence-electron chi connectivity index (χ0n) is 15.3. The molecule has 0 radical (unpaired) electrons. The first-order valence-electron chi connectivity index (χ1n) is 8.94. The van der Waals surface area contributed by atoms with E-state index in [0.29, 0.717) is 22.6 Å². The third-order valence-corrected chi connectivity index (χ3v) is 4.23. The summed E-state index contributed by atoms with van der Waals surface area (Å²) in [5.41, 5.74) is 4.14. The molecule has 0 atom stereocenters. The Hall–Kier alpha value is -4.19. The largest absolute Gasteiger partial charge is 0.506 e. The Bertz CT molecular complexity index is 1190. The predicted molar refractivity (Wildman–Crippen MR) is 111 cm³/mol. The molecule has 0 saturated carbocycles. The van der Waals surface area contributed by atoms with Crippen LogP contribution in [0.1, 0.15) is 15.9 Å². The number of hydrazone groups is 1. The number of hydrogen-bond donors (Lipinski definition) is 2. The van der Waals surface area contributed by atoms with Crippen LogP contribution in [0.25, 0.3) is 10.9 Å². The summed E-state index contributed by atoms with van der Waals surface area (Å²) >= 11 is 0. The van der Waals surface area contributed by atoms with Gasteiger partial charge in [-0.1, -0.05) is 30.3 Å². The van der Waals surface area contributed by atoms with Crippen LogP contribution in [0, 0.1) is 0 Å². The molecule has 0 aliphatic carbocycles. The van der Waals surface area contributed by atoms with Crippen LogP contribution in [0.2, 0.25) is 0 Å². The predicted octanol–water partition coefficient (Wildman–Crippen LogP) is 4.50. The lowest BCUT2D eigenvalue weighted by molar-refractivity contribution is 0.0955. The first-order valence-corrected chi connectivity index (χ1v) is 8.94. The van der Waals surface area contributed by atoms with Gasteiger partial charge in [0.25, 0.3) is 5.91 Å². The highest BCUT2D eigenvalue weighted by atomic mass is 16.5. The lowest BCUT2D eigenvalue weighted by Gasteiger charge is -2.07. The molecule has 0 aliphatic heterocycles. The Morgan fingerprint density at radius 2 is 1.79 bits per heavy atom. The number of ether oxygens (including phenoxy) is 1. The molecule has 4 aromatic rings. The van der Waals surface area contributed by atoms with Crippen molar-refractivity contribution in [3.63, 3.8) is 0 Å². The number of aromatic hydroxyl groups is 1. The molecule has 6 heteroatoms. The van der Waals surface area contributed by atoms with Gasteiger partial charge < -0.3 is 9.84 Å². The van der Waals surface area contributed by atoms with E-state index < -0.39 is 0 Å². The number of phenolic OH excluding ortho intramolecular Hbond substituents is 1. The number of nitrogens with one attached hydrogen (secondary N) is 1. The normalized spacial score (nSPS) is 10.9. The van der Waals surface area contributed by atoms with Gasteiger partial charge in [0.05, 0.1) is 6.21 Å². The van der Waals surface area contributed by atoms with E-state index in [4.69, 9.17) is 4.74 Å². The Balaban J connectivity index is 1.48. The van der Waals surface area contributed by atoms with Crippen molar-refractivity contribution in [2.45, 2.75) is 0 Å². The Labute approximate surface area is 167 Å². The fraction of sp³-hybridized carbons (Fsp3) is 0. The molecule has 0 unspecified atom stereocenters. The third-order valence-electron chi connectivity index (χ3n) is 4.23. The number of carbonyl (C=O) groups is 1. The van der Waals surface area contributed by atoms with Gasteiger partial charge in [0.2, 0.25) is 0 Å². The van der Waals surface area contributed by atoms with Crippen molar-refractivity contribution in [1.29, 1.82) is 0 Å². The van der Waals surface area contributed by atoms with E-state index in [2.05, 4.69) is 15.5 Å². The molecule has 2 N–H and O–H groups in total. The van der Waals surface area contributed by atoms with Gasteiger partial charge in [0.1, 0.15) is 22.8 Å². The molecule has 29 heavy (non-hydrogen) atoms. The van der Waals surface area contributed by atoms with Crippen molar-refractivity contribution in [1.82, 2.24) is 10.4 Å². The van der Waals surface area contributed by atoms with Crippen molar-refractivity contribution in [2.24, 2.45) is 5.10 Å². The molecule has 0 bridgehead atoms. The summed E-state index contributed by atoms with van der Waals surface area (Å²) in [6, 6.07) is 23.1. The number of para-hydroxylation sites is 1. The zero-order chi connectivity index (χ0) is 20.1. The van der Waals surface area contributed by atoms with Crippen LogP contribution in [0.5, 0.6) is 17.2 Å². The smallest absolute Gasteiger partial charge is 0.271 e. The second-order valence-electron chi connectivity index (χ2n) is 6.22. The Kier molecular flexibility index (Phi) is 5.16. The van der Waals surface area contributed by atoms with Gasteiger partial charge in [-0.25, -0.2) is 5.43 Å². The van der Waals surface area contributed by atoms with E-state index in [-0.39, 0.29) is 11.7 Å². The van der Waals surface area contributed by atoms with Crippen LogP contribution >= 0.6 is 0 Å². The molecule has 0 spiro atoms. The van der Waals surface area contributed by atoms with E-state index in [1.54, 1.807) is 48.7 Å². The van der Waals surface area contributed by atoms with Crippen LogP contribution < -0.4 is 10.2 Å². The van der Waals surface area contributed by atoms with Gasteiger partial charge in [0.15, 0.2) is 0 Å². The van der Waals surface area contributed by atoms with E-state index in [0.717, 1.165) is 10.9 Å². The van der Waals surface area contributed by atoms with E-state index in [1.807, 2.05) is 36.4 Å². The van der Waals surface area contributed by atoms with Crippen LogP contribution in [-0.2, 0) is 0 Å². The van der Waals surface area contributed by atoms with Gasteiger partial charge in [-0.3, -0.25) is 9.78 Å². The summed E-state index contributed by atoms with van der Waals surface area (Å²) in [6.07, 6.45) is 3.13. The fourth-order valence-electron chi connectivity index (χ4n) is 2.84. The summed E-state index contributed by atoms with van der Waals surface area (Å²) in [4.78, 5) is 16.6. The molecule has 1 aromatic heterocycles. The lowest BCUT2D eigenvalue weighted by atomic mass is 10.1. The van der Waals surface area contributed by atoms with Gasteiger partial charge in [-0.2, -0.15) is 5.10 Å². The number of rotatable bonds is 5. The van der Waals surface area contributed by atoms with Gasteiger partial charge in [-0.05, 0) is 48.5 Å². The maximum absolute atomic E-state index is 12.4. The fourth-order valence-corrected chi connectivity index (χ4v) is 2.84. The average Bonchev–Trinajstić information content (AvgIpc) is 2.76. The van der Waals surface area contributed by atoms with Crippen molar-refractivity contribution in [3.8, 4) is 17.2 Å². The molecule has 3 aromatic carbocycles. The van der Waals surface area contributed by atoms with Crippen molar-refractivity contribution in [3.05, 3.63) is 96.2 Å². The third kappa shape index (κ3) is 4.22. The highest BCUT2D eigenvalue weighted by molar-refractivity contribution is 6.01. The highest BCUT2D eigenvalue weighted by Gasteiger charge is 2.07. The van der Waals surface area contributed by atoms with Gasteiger partial charge >= 0.3 is 0 Å². The average molecular weight is 383 g/mol. The number of carbonyl (C=O) groups excluding carboxylic acids is 1. The molecular formula is C23H17N3O3. The van der Waals surface area contributed by atoms with Crippen LogP contribution in [0.3, 0.4) is 0 Å². The zero-order valence-corrected chi connectivity index (χ0v) is 15.3. The minimum Gasteiger partial charge on any atom is -0.506 e. The van der Waals surface area contributed by atoms with Crippen LogP contribution in [-0.4, -0.2) is 22.2 Å². The first-order chi connectivity index (χ1) is 14.2. The number of aromatic nitrogens is 1. The summed E-state index contributed by atoms with van der Waals surface area (Å²) in [5.74, 6) is 0.984. The van der Waals surface area contributed by atoms with Gasteiger partial charge in [0, 0.05) is 22.7 Å². The monoisotopic (exact) mass is 383 g/mol. The molecule has 0 saturated heterocycles. The van der Waals surface area contributed by atoms with Crippen LogP contribution in [0.4, 0.5) is 0 Å². The first kappa shape index (κ1) is 18.2. The van der Waals surface area contributed by atoms with E-state index in [9.17, 15) is 9.90 Å². The number of hydrogen-bond acceptors (Lipinski definition) is 5. The van der Waals surface area contributed by atoms with Crippen molar-refractivity contribution in [2.75, 3.05) is 0 Å². The number of phenols is 1. The van der Waals surface area contributed by atoms with E-state index in [1.165, 1.54) is 6.21 Å². The molecule has 142 valence electrons. The maximum Gasteiger partial charge on any atom is 0.271 e.